The lowest BCUT2D eigenvalue weighted by atomic mass is 9.86. The highest BCUT2D eigenvalue weighted by Crippen LogP contribution is 2.50. The Hall–Kier alpha value is -11.3. The van der Waals surface area contributed by atoms with Crippen LogP contribution in [0.3, 0.4) is 0 Å². The first-order valence-electron chi connectivity index (χ1n) is 37.8. The number of nitrogens with one attached hydrogen (secondary N) is 8. The Labute approximate surface area is 682 Å². The number of phenolic OH excluding ortho intramolecular Hbond substituents is 3. The minimum atomic E-state index is -2.35. The van der Waals surface area contributed by atoms with Crippen LogP contribution in [0.2, 0.25) is 10.0 Å². The zero-order valence-electron chi connectivity index (χ0n) is 63.8. The summed E-state index contributed by atoms with van der Waals surface area (Å²) in [7, 11) is 1.48. The number of phenols is 3. The van der Waals surface area contributed by atoms with Crippen LogP contribution in [0, 0.1) is 5.92 Å². The van der Waals surface area contributed by atoms with Crippen molar-refractivity contribution in [2.45, 2.75) is 163 Å². The Morgan fingerprint density at radius 3 is 1.92 bits per heavy atom. The van der Waals surface area contributed by atoms with Crippen LogP contribution in [0.1, 0.15) is 111 Å². The number of primary amides is 1. The molecule has 118 heavy (non-hydrogen) atoms. The van der Waals surface area contributed by atoms with E-state index in [2.05, 4.69) is 42.5 Å². The number of carbonyl (C=O) groups is 8. The van der Waals surface area contributed by atoms with Crippen molar-refractivity contribution in [3.05, 3.63) is 177 Å². The lowest BCUT2D eigenvalue weighted by molar-refractivity contribution is -0.333. The van der Waals surface area contributed by atoms with Gasteiger partial charge in [-0.2, -0.15) is 0 Å². The summed E-state index contributed by atoms with van der Waals surface area (Å²) in [5, 5.41) is 132. The van der Waals surface area contributed by atoms with Crippen LogP contribution in [0.4, 0.5) is 0 Å². The van der Waals surface area contributed by atoms with E-state index in [1.54, 1.807) is 0 Å². The number of halogens is 2. The molecule has 0 aromatic heterocycles. The number of amides is 8. The summed E-state index contributed by atoms with van der Waals surface area (Å²) in [6.45, 7) is 5.50. The second-order valence-corrected chi connectivity index (χ2v) is 31.5. The van der Waals surface area contributed by atoms with E-state index in [0.29, 0.717) is 5.56 Å². The molecule has 9 aromatic rings. The van der Waals surface area contributed by atoms with Crippen LogP contribution in [0.25, 0.3) is 43.4 Å². The summed E-state index contributed by atoms with van der Waals surface area (Å²) in [4.78, 5) is 122. The fraction of sp³-hybridized carbons (Fsp3) is 0.349. The summed E-state index contributed by atoms with van der Waals surface area (Å²) in [5.74, 6) is -14.7. The van der Waals surface area contributed by atoms with Crippen molar-refractivity contribution >= 4 is 103 Å². The molecule has 33 nitrogen and oxygen atoms in total. The Morgan fingerprint density at radius 1 is 0.661 bits per heavy atom. The summed E-state index contributed by atoms with van der Waals surface area (Å²) in [5.41, 5.74) is 9.24. The molecule has 7 aliphatic heterocycles. The zero-order valence-corrected chi connectivity index (χ0v) is 65.3. The van der Waals surface area contributed by atoms with Gasteiger partial charge in [0.1, 0.15) is 95.5 Å². The molecular weight excluding hydrogens is 1580 g/mol. The monoisotopic (exact) mass is 1660 g/mol. The van der Waals surface area contributed by atoms with Gasteiger partial charge in [0.25, 0.3) is 0 Å². The van der Waals surface area contributed by atoms with E-state index in [-0.39, 0.29) is 69.6 Å². The van der Waals surface area contributed by atoms with E-state index in [1.165, 1.54) is 45.2 Å². The normalized spacial score (nSPS) is 27.0. The van der Waals surface area contributed by atoms with Gasteiger partial charge >= 0.3 is 0 Å². The number of aromatic hydroxyl groups is 3. The molecule has 2 fully saturated rings. The predicted molar refractivity (Wildman–Crippen MR) is 424 cm³/mol. The molecule has 8 amide bonds. The van der Waals surface area contributed by atoms with Crippen LogP contribution in [0.15, 0.2) is 133 Å². The Kier molecular flexibility index (Phi) is 23.7. The number of benzene rings is 9. The highest BCUT2D eigenvalue weighted by atomic mass is 35.5. The number of likely N-dealkylation sites (N-methyl/N-ethyl adjacent to an activating group) is 1. The molecule has 2 saturated heterocycles. The smallest absolute Gasteiger partial charge is 0.248 e. The summed E-state index contributed by atoms with van der Waals surface area (Å²) in [6.07, 6.45) is -18.6. The van der Waals surface area contributed by atoms with E-state index < -0.39 is 220 Å². The Balaban J connectivity index is 0.951. The van der Waals surface area contributed by atoms with Crippen molar-refractivity contribution in [3.63, 3.8) is 0 Å². The number of nitrogens with two attached hydrogens (primary N) is 2. The standard InChI is InChI=1S/C83H86Cl2N10O23/c1-33(2)21-49(88-5)75(106)94-66-68(101)39-15-19-53(47(84)23-39)114-55-25-42-26-56(72(55)118-82-73(71(104)70(103)57(32-96)116-82)117-59-30-83(4,87)74(105)34(3)113-59)115-54-20-16-40(24-48(54)85)69(102)67-81(112)93-65(77(108)89-31-41-12-11-37-10-9-35-7-6-8-36-13-17-44(41)61(37)60(35)36)46-27-43(97)28-52(99)62(46)45-22-38(14-18-51(45)98)63(78(109)95-67)92-79(110)64(42)91-76(107)50(29-58(86)100)90-80(66)111/h6-20,22-28,33-34,49-50,57,59,63-71,73-74,82,88,96-99,101-105H,21,29-32,87H2,1-5H3,(H2,86,100)(H,89,108)(H,90,111)(H,91,107)(H,92,110)(H,93,112)(H,94,106)(H,95,109)/t34-,49+,50-,57+,59-,63+,64+,65-,66+,67-,68+,69+,70+,71-,73+,74+,82-,83-/m0/s1. The fourth-order valence-corrected chi connectivity index (χ4v) is 16.2. The number of ether oxygens (including phenoxy) is 6. The number of aliphatic hydroxyl groups excluding tert-OH is 6. The molecule has 21 N–H and O–H groups in total. The van der Waals surface area contributed by atoms with Crippen LogP contribution in [0.5, 0.6) is 46.0 Å². The minimum Gasteiger partial charge on any atom is -0.508 e. The quantitative estimate of drug-likeness (QED) is 0.0638. The maximum Gasteiger partial charge on any atom is 0.248 e. The molecule has 7 aliphatic rings. The third-order valence-electron chi connectivity index (χ3n) is 21.9. The van der Waals surface area contributed by atoms with Crippen molar-refractivity contribution in [2.75, 3.05) is 13.7 Å². The number of rotatable bonds is 15. The number of fused-ring (bicyclic) bond motifs is 15. The summed E-state index contributed by atoms with van der Waals surface area (Å²) in [6, 6.07) is 17.8. The number of carbonyl (C=O) groups excluding carboxylic acids is 8. The molecule has 9 aromatic carbocycles. The molecule has 0 radical (unpaired) electrons. The number of hydrogen-bond acceptors (Lipinski definition) is 25. The van der Waals surface area contributed by atoms with Crippen molar-refractivity contribution in [3.8, 4) is 57.1 Å². The van der Waals surface area contributed by atoms with E-state index in [9.17, 15) is 55.5 Å². The molecule has 620 valence electrons. The van der Waals surface area contributed by atoms with Crippen molar-refractivity contribution in [2.24, 2.45) is 17.4 Å². The van der Waals surface area contributed by atoms with Crippen LogP contribution < -0.4 is 68.2 Å². The van der Waals surface area contributed by atoms with E-state index >= 15 is 28.8 Å². The maximum absolute atomic E-state index is 16.4. The van der Waals surface area contributed by atoms with Crippen molar-refractivity contribution < 1.29 is 113 Å². The third kappa shape index (κ3) is 16.6. The molecule has 35 heteroatoms. The highest BCUT2D eigenvalue weighted by Gasteiger charge is 2.52. The lowest BCUT2D eigenvalue weighted by Crippen LogP contribution is -2.64. The zero-order chi connectivity index (χ0) is 84.4. The molecule has 11 bridgehead atoms. The first kappa shape index (κ1) is 83.2. The van der Waals surface area contributed by atoms with E-state index in [0.717, 1.165) is 86.9 Å². The van der Waals surface area contributed by atoms with Gasteiger partial charge in [-0.3, -0.25) is 38.4 Å². The second kappa shape index (κ2) is 33.6. The van der Waals surface area contributed by atoms with Crippen molar-refractivity contribution in [1.29, 1.82) is 0 Å². The molecule has 16 rings (SSSR count). The van der Waals surface area contributed by atoms with Gasteiger partial charge in [0.2, 0.25) is 59.3 Å². The van der Waals surface area contributed by atoms with Gasteiger partial charge < -0.3 is 128 Å². The molecule has 0 unspecified atom stereocenters. The topological polar surface area (TPSA) is 522 Å². The average molecular weight is 1660 g/mol. The molecule has 18 atom stereocenters. The first-order valence-corrected chi connectivity index (χ1v) is 38.6. The molecule has 0 aliphatic carbocycles. The van der Waals surface area contributed by atoms with Crippen LogP contribution in [-0.2, 0) is 59.1 Å². The van der Waals surface area contributed by atoms with Gasteiger partial charge in [-0.1, -0.05) is 110 Å². The van der Waals surface area contributed by atoms with Gasteiger partial charge in [0, 0.05) is 35.7 Å². The van der Waals surface area contributed by atoms with E-state index in [1.807, 2.05) is 68.4 Å². The predicted octanol–water partition coefficient (Wildman–Crippen LogP) is 4.24. The Bertz CT molecular complexity index is 5450. The Morgan fingerprint density at radius 2 is 1.28 bits per heavy atom. The number of aliphatic hydroxyl groups is 6. The molecule has 7 heterocycles. The third-order valence-corrected chi connectivity index (χ3v) is 22.5. The first-order chi connectivity index (χ1) is 56.2. The summed E-state index contributed by atoms with van der Waals surface area (Å²) >= 11 is 14.4. The van der Waals surface area contributed by atoms with Crippen LogP contribution >= 0.6 is 23.2 Å². The minimum absolute atomic E-state index is 0.102. The summed E-state index contributed by atoms with van der Waals surface area (Å²) < 4.78 is 38.8. The largest absolute Gasteiger partial charge is 0.508 e. The van der Waals surface area contributed by atoms with Gasteiger partial charge in [-0.05, 0) is 154 Å². The molecular formula is C83H86Cl2N10O23. The lowest BCUT2D eigenvalue weighted by Gasteiger charge is -2.47. The van der Waals surface area contributed by atoms with Gasteiger partial charge in [0.05, 0.1) is 41.3 Å². The fourth-order valence-electron chi connectivity index (χ4n) is 15.7. The highest BCUT2D eigenvalue weighted by molar-refractivity contribution is 6.32. The maximum atomic E-state index is 16.4. The van der Waals surface area contributed by atoms with E-state index in [4.69, 9.17) is 63.1 Å². The molecule has 0 saturated carbocycles. The van der Waals surface area contributed by atoms with Gasteiger partial charge in [0.15, 0.2) is 23.9 Å². The van der Waals surface area contributed by atoms with Crippen LogP contribution in [-0.4, -0.2) is 186 Å². The van der Waals surface area contributed by atoms with Gasteiger partial charge in [-0.15, -0.1) is 0 Å². The SMILES string of the molecule is CN[C@H](CC(C)C)C(=O)N[C@H]1C(=O)N[C@@H](CC(N)=O)C(=O)N[C@H]2C(=O)N[C@H]3C(=O)N[C@H](C(=O)N[C@H](C(=O)NCc4ccc5ccc6cccc7ccc4c5c67)c4cc(O)cc(O)c4-c4cc3ccc4O)[C@H](O)c3ccc(c(Cl)c3)Oc3cc2cc(c3O[C@@H]2O[C@H](CO)[C@@H](O)[C@H](O)[C@H]2O[C@H]2C[C@](C)(N)[C@H](O)[C@H](C)O2)Oc2ccc(cc2Cl)[C@H]1O. The van der Waals surface area contributed by atoms with Gasteiger partial charge in [-0.25, -0.2) is 0 Å². The second-order valence-electron chi connectivity index (χ2n) is 30.7. The van der Waals surface area contributed by atoms with Crippen molar-refractivity contribution in [1.82, 2.24) is 42.5 Å². The number of hydrogen-bond donors (Lipinski definition) is 19. The average Bonchev–Trinajstić information content (AvgIpc) is 0.741. The molecule has 0 spiro atoms.